The van der Waals surface area contributed by atoms with Gasteiger partial charge in [-0.1, -0.05) is 37.6 Å². The molecule has 0 atom stereocenters. The highest BCUT2D eigenvalue weighted by atomic mass is 35.5. The fourth-order valence-electron chi connectivity index (χ4n) is 1.65. The van der Waals surface area contributed by atoms with Crippen LogP contribution in [0.5, 0.6) is 0 Å². The van der Waals surface area contributed by atoms with Crippen molar-refractivity contribution in [2.45, 2.75) is 30.4 Å². The van der Waals surface area contributed by atoms with Gasteiger partial charge in [-0.05, 0) is 41.3 Å². The van der Waals surface area contributed by atoms with E-state index in [1.54, 1.807) is 6.20 Å². The number of halogens is 1. The maximum atomic E-state index is 5.86. The van der Waals surface area contributed by atoms with Crippen LogP contribution in [0.3, 0.4) is 0 Å². The van der Waals surface area contributed by atoms with E-state index in [4.69, 9.17) is 11.6 Å². The first-order valence-corrected chi connectivity index (χ1v) is 7.34. The Bertz CT molecular complexity index is 508. The molecule has 0 N–H and O–H groups in total. The average molecular weight is 278 g/mol. The lowest BCUT2D eigenvalue weighted by Gasteiger charge is -2.07. The highest BCUT2D eigenvalue weighted by Gasteiger charge is 2.00. The molecule has 0 unspecified atom stereocenters. The minimum atomic E-state index is 0.559. The molecule has 1 heterocycles. The molecule has 1 aromatic heterocycles. The lowest BCUT2D eigenvalue weighted by Crippen LogP contribution is -1.86. The number of rotatable bonds is 4. The third kappa shape index (κ3) is 3.76. The molecule has 0 amide bonds. The molecule has 3 heteroatoms. The number of aromatic nitrogens is 1. The standard InChI is InChI=1S/C15H16ClNS/c1-11(2)13-3-5-14(6-4-13)18-10-12-7-8-17-15(16)9-12/h3-9,11H,10H2,1-2H3. The van der Waals surface area contributed by atoms with Gasteiger partial charge in [0.15, 0.2) is 0 Å². The summed E-state index contributed by atoms with van der Waals surface area (Å²) in [5, 5.41) is 0.559. The number of hydrogen-bond acceptors (Lipinski definition) is 2. The summed E-state index contributed by atoms with van der Waals surface area (Å²) in [4.78, 5) is 5.27. The van der Waals surface area contributed by atoms with Gasteiger partial charge in [0.05, 0.1) is 0 Å². The van der Waals surface area contributed by atoms with Crippen LogP contribution in [0.1, 0.15) is 30.9 Å². The molecular weight excluding hydrogens is 262 g/mol. The van der Waals surface area contributed by atoms with Crippen molar-refractivity contribution < 1.29 is 0 Å². The minimum Gasteiger partial charge on any atom is -0.245 e. The number of nitrogens with zero attached hydrogens (tertiary/aromatic N) is 1. The minimum absolute atomic E-state index is 0.559. The van der Waals surface area contributed by atoms with E-state index in [0.29, 0.717) is 11.1 Å². The van der Waals surface area contributed by atoms with E-state index in [9.17, 15) is 0 Å². The summed E-state index contributed by atoms with van der Waals surface area (Å²) in [6, 6.07) is 12.7. The summed E-state index contributed by atoms with van der Waals surface area (Å²) in [5.41, 5.74) is 2.58. The fraction of sp³-hybridized carbons (Fsp3) is 0.267. The summed E-state index contributed by atoms with van der Waals surface area (Å²) in [6.45, 7) is 4.42. The van der Waals surface area contributed by atoms with E-state index in [1.165, 1.54) is 16.0 Å². The zero-order valence-electron chi connectivity index (χ0n) is 10.6. The van der Waals surface area contributed by atoms with Crippen LogP contribution in [-0.2, 0) is 5.75 Å². The number of thioether (sulfide) groups is 1. The molecule has 0 bridgehead atoms. The van der Waals surface area contributed by atoms with Gasteiger partial charge in [0.1, 0.15) is 5.15 Å². The van der Waals surface area contributed by atoms with E-state index in [2.05, 4.69) is 43.1 Å². The van der Waals surface area contributed by atoms with Gasteiger partial charge in [-0.3, -0.25) is 0 Å². The molecule has 0 spiro atoms. The summed E-state index contributed by atoms with van der Waals surface area (Å²) in [6.07, 6.45) is 1.75. The molecule has 0 aliphatic carbocycles. The largest absolute Gasteiger partial charge is 0.245 e. The van der Waals surface area contributed by atoms with Gasteiger partial charge in [0.2, 0.25) is 0 Å². The second-order valence-electron chi connectivity index (χ2n) is 4.50. The van der Waals surface area contributed by atoms with Crippen LogP contribution in [0.25, 0.3) is 0 Å². The van der Waals surface area contributed by atoms with E-state index in [1.807, 2.05) is 23.9 Å². The Labute approximate surface area is 118 Å². The third-order valence-corrected chi connectivity index (χ3v) is 4.03. The first-order chi connectivity index (χ1) is 8.65. The van der Waals surface area contributed by atoms with Gasteiger partial charge in [-0.2, -0.15) is 0 Å². The van der Waals surface area contributed by atoms with Crippen LogP contribution in [0.2, 0.25) is 5.15 Å². The Hall–Kier alpha value is -0.990. The van der Waals surface area contributed by atoms with Gasteiger partial charge in [0.25, 0.3) is 0 Å². The predicted octanol–water partition coefficient (Wildman–Crippen LogP) is 5.15. The highest BCUT2D eigenvalue weighted by molar-refractivity contribution is 7.98. The molecule has 18 heavy (non-hydrogen) atoms. The van der Waals surface area contributed by atoms with Crippen LogP contribution in [-0.4, -0.2) is 4.98 Å². The molecule has 0 aliphatic rings. The fourth-order valence-corrected chi connectivity index (χ4v) is 2.69. The summed E-state index contributed by atoms with van der Waals surface area (Å²) < 4.78 is 0. The number of pyridine rings is 1. The van der Waals surface area contributed by atoms with Gasteiger partial charge < -0.3 is 0 Å². The first kappa shape index (κ1) is 13.4. The van der Waals surface area contributed by atoms with Crippen LogP contribution < -0.4 is 0 Å². The Morgan fingerprint density at radius 2 is 1.89 bits per heavy atom. The van der Waals surface area contributed by atoms with E-state index in [0.717, 1.165) is 5.75 Å². The second-order valence-corrected chi connectivity index (χ2v) is 5.94. The van der Waals surface area contributed by atoms with Gasteiger partial charge >= 0.3 is 0 Å². The molecule has 0 saturated carbocycles. The zero-order chi connectivity index (χ0) is 13.0. The van der Waals surface area contributed by atoms with Crippen molar-refractivity contribution in [2.24, 2.45) is 0 Å². The molecular formula is C15H16ClNS. The van der Waals surface area contributed by atoms with Gasteiger partial charge in [-0.15, -0.1) is 11.8 Å². The maximum Gasteiger partial charge on any atom is 0.129 e. The van der Waals surface area contributed by atoms with Crippen molar-refractivity contribution >= 4 is 23.4 Å². The predicted molar refractivity (Wildman–Crippen MR) is 79.3 cm³/mol. The first-order valence-electron chi connectivity index (χ1n) is 5.98. The molecule has 0 aliphatic heterocycles. The molecule has 0 saturated heterocycles. The molecule has 94 valence electrons. The van der Waals surface area contributed by atoms with E-state index < -0.39 is 0 Å². The number of hydrogen-bond donors (Lipinski definition) is 0. The zero-order valence-corrected chi connectivity index (χ0v) is 12.1. The van der Waals surface area contributed by atoms with Gasteiger partial charge in [0, 0.05) is 16.8 Å². The van der Waals surface area contributed by atoms with Crippen LogP contribution in [0.4, 0.5) is 0 Å². The van der Waals surface area contributed by atoms with E-state index in [-0.39, 0.29) is 0 Å². The van der Waals surface area contributed by atoms with Crippen LogP contribution >= 0.6 is 23.4 Å². The second kappa shape index (κ2) is 6.26. The molecule has 2 aromatic rings. The Morgan fingerprint density at radius 1 is 1.17 bits per heavy atom. The molecule has 0 radical (unpaired) electrons. The molecule has 0 fully saturated rings. The number of benzene rings is 1. The molecule has 2 rings (SSSR count). The lowest BCUT2D eigenvalue weighted by atomic mass is 10.0. The van der Waals surface area contributed by atoms with Crippen molar-refractivity contribution in [3.8, 4) is 0 Å². The Morgan fingerprint density at radius 3 is 2.50 bits per heavy atom. The van der Waals surface area contributed by atoms with Crippen molar-refractivity contribution in [3.63, 3.8) is 0 Å². The Balaban J connectivity index is 1.98. The van der Waals surface area contributed by atoms with Crippen molar-refractivity contribution in [1.29, 1.82) is 0 Å². The Kier molecular flexibility index (Phi) is 4.67. The summed E-state index contributed by atoms with van der Waals surface area (Å²) in [5.74, 6) is 1.51. The highest BCUT2D eigenvalue weighted by Crippen LogP contribution is 2.25. The van der Waals surface area contributed by atoms with Crippen LogP contribution in [0, 0.1) is 0 Å². The average Bonchev–Trinajstić information content (AvgIpc) is 2.37. The monoisotopic (exact) mass is 277 g/mol. The maximum absolute atomic E-state index is 5.86. The summed E-state index contributed by atoms with van der Waals surface area (Å²) in [7, 11) is 0. The normalized spacial score (nSPS) is 10.9. The SMILES string of the molecule is CC(C)c1ccc(SCc2ccnc(Cl)c2)cc1. The quantitative estimate of drug-likeness (QED) is 0.566. The topological polar surface area (TPSA) is 12.9 Å². The molecule has 1 nitrogen and oxygen atoms in total. The smallest absolute Gasteiger partial charge is 0.129 e. The van der Waals surface area contributed by atoms with Crippen molar-refractivity contribution in [2.75, 3.05) is 0 Å². The van der Waals surface area contributed by atoms with Gasteiger partial charge in [-0.25, -0.2) is 4.98 Å². The summed E-state index contributed by atoms with van der Waals surface area (Å²) >= 11 is 7.68. The van der Waals surface area contributed by atoms with Crippen molar-refractivity contribution in [1.82, 2.24) is 4.98 Å². The lowest BCUT2D eigenvalue weighted by molar-refractivity contribution is 0.865. The van der Waals surface area contributed by atoms with Crippen LogP contribution in [0.15, 0.2) is 47.5 Å². The van der Waals surface area contributed by atoms with E-state index >= 15 is 0 Å². The molecule has 1 aromatic carbocycles. The third-order valence-electron chi connectivity index (χ3n) is 2.74. The van der Waals surface area contributed by atoms with Crippen molar-refractivity contribution in [3.05, 3.63) is 58.9 Å².